The van der Waals surface area contributed by atoms with Crippen LogP contribution in [0.3, 0.4) is 0 Å². The van der Waals surface area contributed by atoms with Gasteiger partial charge in [-0.25, -0.2) is 0 Å². The van der Waals surface area contributed by atoms with Crippen molar-refractivity contribution in [3.05, 3.63) is 82.3 Å². The largest absolute Gasteiger partial charge is 0.497 e. The number of halogens is 1. The van der Waals surface area contributed by atoms with E-state index in [4.69, 9.17) is 22.1 Å². The molecule has 0 amide bonds. The molecule has 1 unspecified atom stereocenters. The molecule has 0 radical (unpaired) electrons. The number of hydrogen-bond acceptors (Lipinski definition) is 4. The van der Waals surface area contributed by atoms with Crippen LogP contribution in [0.2, 0.25) is 5.02 Å². The maximum absolute atomic E-state index is 13.3. The molecule has 2 aromatic rings. The van der Waals surface area contributed by atoms with E-state index in [1.165, 1.54) is 0 Å². The summed E-state index contributed by atoms with van der Waals surface area (Å²) in [6.45, 7) is 4.26. The fraction of sp³-hybridized carbons (Fsp3) is 0.292. The van der Waals surface area contributed by atoms with Crippen LogP contribution in [0.4, 0.5) is 5.69 Å². The molecule has 2 aliphatic rings. The fourth-order valence-electron chi connectivity index (χ4n) is 4.31. The van der Waals surface area contributed by atoms with Crippen molar-refractivity contribution in [1.82, 2.24) is 0 Å². The van der Waals surface area contributed by atoms with Crippen LogP contribution >= 0.6 is 11.6 Å². The molecule has 0 saturated heterocycles. The molecular weight excluding hydrogens is 384 g/mol. The van der Waals surface area contributed by atoms with Crippen LogP contribution in [0.1, 0.15) is 38.2 Å². The van der Waals surface area contributed by atoms with Crippen molar-refractivity contribution in [2.45, 2.75) is 32.6 Å². The van der Waals surface area contributed by atoms with Gasteiger partial charge in [0, 0.05) is 34.3 Å². The Morgan fingerprint density at radius 2 is 1.72 bits per heavy atom. The van der Waals surface area contributed by atoms with Crippen LogP contribution in [0, 0.1) is 5.41 Å². The van der Waals surface area contributed by atoms with Crippen molar-refractivity contribution in [1.29, 1.82) is 0 Å². The molecule has 1 aliphatic heterocycles. The van der Waals surface area contributed by atoms with Gasteiger partial charge >= 0.3 is 0 Å². The molecule has 0 saturated carbocycles. The molecule has 0 fully saturated rings. The summed E-state index contributed by atoms with van der Waals surface area (Å²) < 4.78 is 5.28. The second kappa shape index (κ2) is 7.27. The SMILES string of the molecule is COc1ccc(C2C=C(N)N(c3ccc(Cl)cc3)C3=C2C(=O)CC(C)(C)C3)cc1. The van der Waals surface area contributed by atoms with Gasteiger partial charge in [-0.3, -0.25) is 4.79 Å². The Hall–Kier alpha value is -2.72. The van der Waals surface area contributed by atoms with Crippen LogP contribution in [0.5, 0.6) is 5.75 Å². The number of ketones is 1. The van der Waals surface area contributed by atoms with Gasteiger partial charge in [0.25, 0.3) is 0 Å². The Kier molecular flexibility index (Phi) is 4.91. The highest BCUT2D eigenvalue weighted by Gasteiger charge is 2.41. The van der Waals surface area contributed by atoms with Crippen molar-refractivity contribution in [3.63, 3.8) is 0 Å². The first-order valence-electron chi connectivity index (χ1n) is 9.72. The summed E-state index contributed by atoms with van der Waals surface area (Å²) in [4.78, 5) is 15.3. The molecule has 0 bridgehead atoms. The molecule has 1 heterocycles. The van der Waals surface area contributed by atoms with E-state index in [0.717, 1.165) is 34.7 Å². The molecule has 2 N–H and O–H groups in total. The molecule has 0 aromatic heterocycles. The Balaban J connectivity index is 1.86. The average molecular weight is 409 g/mol. The van der Waals surface area contributed by atoms with Crippen molar-refractivity contribution >= 4 is 23.1 Å². The van der Waals surface area contributed by atoms with E-state index >= 15 is 0 Å². The summed E-state index contributed by atoms with van der Waals surface area (Å²) in [5.41, 5.74) is 10.2. The first-order valence-corrected chi connectivity index (χ1v) is 10.1. The average Bonchev–Trinajstić information content (AvgIpc) is 2.67. The van der Waals surface area contributed by atoms with Gasteiger partial charge in [-0.05, 0) is 59.9 Å². The maximum Gasteiger partial charge on any atom is 0.162 e. The predicted octanol–water partition coefficient (Wildman–Crippen LogP) is 5.40. The van der Waals surface area contributed by atoms with Crippen LogP contribution in [-0.4, -0.2) is 12.9 Å². The number of benzene rings is 2. The standard InChI is InChI=1S/C24H25ClN2O2/c1-24(2)13-20-23(21(28)14-24)19(15-4-10-18(29-3)11-5-15)12-22(26)27(20)17-8-6-16(25)7-9-17/h4-12,19H,13-14,26H2,1-3H3. The van der Waals surface area contributed by atoms with Crippen LogP contribution in [0.15, 0.2) is 71.7 Å². The number of ether oxygens (including phenoxy) is 1. The predicted molar refractivity (Wildman–Crippen MR) is 117 cm³/mol. The van der Waals surface area contributed by atoms with E-state index in [9.17, 15) is 4.79 Å². The highest BCUT2D eigenvalue weighted by Crippen LogP contribution is 2.47. The summed E-state index contributed by atoms with van der Waals surface area (Å²) in [6, 6.07) is 15.4. The molecular formula is C24H25ClN2O2. The van der Waals surface area contributed by atoms with E-state index in [-0.39, 0.29) is 17.1 Å². The first-order chi connectivity index (χ1) is 13.8. The fourth-order valence-corrected chi connectivity index (χ4v) is 4.43. The Morgan fingerprint density at radius 3 is 2.34 bits per heavy atom. The monoisotopic (exact) mass is 408 g/mol. The zero-order valence-electron chi connectivity index (χ0n) is 16.9. The Bertz CT molecular complexity index is 1000. The molecule has 1 aliphatic carbocycles. The zero-order chi connectivity index (χ0) is 20.8. The minimum atomic E-state index is -0.164. The van der Waals surface area contributed by atoms with Crippen molar-refractivity contribution in [2.75, 3.05) is 12.0 Å². The number of nitrogens with zero attached hydrogens (tertiary/aromatic N) is 1. The summed E-state index contributed by atoms with van der Waals surface area (Å²) in [5.74, 6) is 1.43. The summed E-state index contributed by atoms with van der Waals surface area (Å²) in [6.07, 6.45) is 3.28. The van der Waals surface area contributed by atoms with Gasteiger partial charge < -0.3 is 15.4 Å². The summed E-state index contributed by atoms with van der Waals surface area (Å²) in [7, 11) is 1.64. The van der Waals surface area contributed by atoms with E-state index in [2.05, 4.69) is 13.8 Å². The number of allylic oxidation sites excluding steroid dienone is 3. The molecule has 29 heavy (non-hydrogen) atoms. The summed E-state index contributed by atoms with van der Waals surface area (Å²) in [5, 5.41) is 0.665. The molecule has 1 atom stereocenters. The Morgan fingerprint density at radius 1 is 1.07 bits per heavy atom. The second-order valence-electron chi connectivity index (χ2n) is 8.46. The van der Waals surface area contributed by atoms with Gasteiger partial charge in [-0.1, -0.05) is 37.6 Å². The van der Waals surface area contributed by atoms with Crippen molar-refractivity contribution < 1.29 is 9.53 Å². The molecule has 5 heteroatoms. The topological polar surface area (TPSA) is 55.6 Å². The third-order valence-corrected chi connectivity index (χ3v) is 5.88. The number of rotatable bonds is 3. The number of carbonyl (C=O) groups excluding carboxylic acids is 1. The second-order valence-corrected chi connectivity index (χ2v) is 8.89. The lowest BCUT2D eigenvalue weighted by Crippen LogP contribution is -2.40. The van der Waals surface area contributed by atoms with Crippen LogP contribution in [-0.2, 0) is 4.79 Å². The smallest absolute Gasteiger partial charge is 0.162 e. The van der Waals surface area contributed by atoms with Crippen LogP contribution in [0.25, 0.3) is 0 Å². The van der Waals surface area contributed by atoms with Gasteiger partial charge in [0.05, 0.1) is 7.11 Å². The van der Waals surface area contributed by atoms with Gasteiger partial charge in [0.2, 0.25) is 0 Å². The van der Waals surface area contributed by atoms with E-state index < -0.39 is 0 Å². The highest BCUT2D eigenvalue weighted by atomic mass is 35.5. The van der Waals surface area contributed by atoms with E-state index in [1.807, 2.05) is 59.5 Å². The molecule has 2 aromatic carbocycles. The van der Waals surface area contributed by atoms with Crippen molar-refractivity contribution in [3.8, 4) is 5.75 Å². The number of anilines is 1. The number of Topliss-reactive ketones (excluding diaryl/α,β-unsaturated/α-hetero) is 1. The minimum Gasteiger partial charge on any atom is -0.497 e. The van der Waals surface area contributed by atoms with Gasteiger partial charge in [-0.15, -0.1) is 0 Å². The number of hydrogen-bond donors (Lipinski definition) is 1. The quantitative estimate of drug-likeness (QED) is 0.739. The highest BCUT2D eigenvalue weighted by molar-refractivity contribution is 6.30. The number of nitrogens with two attached hydrogens (primary N) is 1. The molecule has 4 rings (SSSR count). The minimum absolute atomic E-state index is 0.122. The van der Waals surface area contributed by atoms with Crippen LogP contribution < -0.4 is 15.4 Å². The molecule has 0 spiro atoms. The van der Waals surface area contributed by atoms with Crippen molar-refractivity contribution in [2.24, 2.45) is 11.1 Å². The Labute approximate surface area is 176 Å². The zero-order valence-corrected chi connectivity index (χ0v) is 17.7. The third-order valence-electron chi connectivity index (χ3n) is 5.63. The molecule has 150 valence electrons. The normalized spacial score (nSPS) is 21.0. The van der Waals surface area contributed by atoms with Gasteiger partial charge in [0.1, 0.15) is 11.6 Å². The lowest BCUT2D eigenvalue weighted by Gasteiger charge is -2.42. The van der Waals surface area contributed by atoms with Gasteiger partial charge in [-0.2, -0.15) is 0 Å². The number of methoxy groups -OCH3 is 1. The lowest BCUT2D eigenvalue weighted by atomic mass is 9.70. The van der Waals surface area contributed by atoms with E-state index in [1.54, 1.807) is 7.11 Å². The number of carbonyl (C=O) groups is 1. The lowest BCUT2D eigenvalue weighted by molar-refractivity contribution is -0.118. The van der Waals surface area contributed by atoms with Gasteiger partial charge in [0.15, 0.2) is 5.78 Å². The third kappa shape index (κ3) is 3.65. The van der Waals surface area contributed by atoms with E-state index in [0.29, 0.717) is 17.3 Å². The summed E-state index contributed by atoms with van der Waals surface area (Å²) >= 11 is 6.08. The first kappa shape index (κ1) is 19.6. The molecule has 4 nitrogen and oxygen atoms in total. The maximum atomic E-state index is 13.3.